The smallest absolute Gasteiger partial charge is 1.00 e. The first kappa shape index (κ1) is 17.7. The van der Waals surface area contributed by atoms with E-state index >= 15 is 0 Å². The number of benzene rings is 1. The first-order valence-corrected chi connectivity index (χ1v) is 4.56. The summed E-state index contributed by atoms with van der Waals surface area (Å²) in [5, 5.41) is 7.42. The first-order chi connectivity index (χ1) is 7.10. The molecule has 0 aliphatic carbocycles. The van der Waals surface area contributed by atoms with Crippen molar-refractivity contribution in [2.75, 3.05) is 13.7 Å². The third-order valence-electron chi connectivity index (χ3n) is 1.37. The Labute approximate surface area is 119 Å². The van der Waals surface area contributed by atoms with E-state index in [1.807, 2.05) is 31.2 Å². The zero-order valence-electron chi connectivity index (χ0n) is 11.2. The molecule has 0 bridgehead atoms. The SMILES string of the molecule is CC(=O)O.CCOc1ccc(OC)cc1.[H-].[Na+]. The molecule has 0 unspecified atom stereocenters. The Hall–Kier alpha value is -0.710. The number of carbonyl (C=O) groups is 1. The Kier molecular flexibility index (Phi) is 11.9. The molecule has 0 spiro atoms. The molecular weight excluding hydrogens is 219 g/mol. The third kappa shape index (κ3) is 9.83. The average molecular weight is 236 g/mol. The van der Waals surface area contributed by atoms with Gasteiger partial charge in [0.15, 0.2) is 0 Å². The first-order valence-electron chi connectivity index (χ1n) is 4.56. The van der Waals surface area contributed by atoms with Gasteiger partial charge < -0.3 is 16.0 Å². The van der Waals surface area contributed by atoms with Crippen LogP contribution in [0.1, 0.15) is 15.3 Å². The maximum absolute atomic E-state index is 9.00. The summed E-state index contributed by atoms with van der Waals surface area (Å²) in [5.41, 5.74) is 0. The Balaban J connectivity index is -0.000000289. The van der Waals surface area contributed by atoms with Crippen molar-refractivity contribution in [1.82, 2.24) is 0 Å². The van der Waals surface area contributed by atoms with Crippen molar-refractivity contribution in [1.29, 1.82) is 0 Å². The Morgan fingerprint density at radius 1 is 1.31 bits per heavy atom. The Bertz CT molecular complexity index is 286. The van der Waals surface area contributed by atoms with Gasteiger partial charge in [-0.15, -0.1) is 0 Å². The summed E-state index contributed by atoms with van der Waals surface area (Å²) in [6, 6.07) is 7.54. The average Bonchev–Trinajstić information content (AvgIpc) is 2.19. The number of aliphatic carboxylic acids is 1. The van der Waals surface area contributed by atoms with Gasteiger partial charge in [-0.3, -0.25) is 4.79 Å². The molecule has 0 saturated carbocycles. The Morgan fingerprint density at radius 3 is 2.00 bits per heavy atom. The van der Waals surface area contributed by atoms with E-state index in [0.717, 1.165) is 18.4 Å². The predicted octanol–water partition coefficient (Wildman–Crippen LogP) is -0.699. The van der Waals surface area contributed by atoms with Gasteiger partial charge in [0.05, 0.1) is 13.7 Å². The number of hydrogen-bond donors (Lipinski definition) is 1. The summed E-state index contributed by atoms with van der Waals surface area (Å²) < 4.78 is 10.2. The number of carboxylic acids is 1. The van der Waals surface area contributed by atoms with E-state index in [1.165, 1.54) is 0 Å². The van der Waals surface area contributed by atoms with Crippen molar-refractivity contribution in [3.63, 3.8) is 0 Å². The summed E-state index contributed by atoms with van der Waals surface area (Å²) in [4.78, 5) is 9.00. The normalized spacial score (nSPS) is 7.94. The molecule has 0 fully saturated rings. The van der Waals surface area contributed by atoms with Crippen LogP contribution in [0, 0.1) is 0 Å². The quantitative estimate of drug-likeness (QED) is 0.705. The summed E-state index contributed by atoms with van der Waals surface area (Å²) in [5.74, 6) is 0.904. The van der Waals surface area contributed by atoms with Crippen LogP contribution < -0.4 is 39.0 Å². The van der Waals surface area contributed by atoms with Gasteiger partial charge in [0, 0.05) is 6.92 Å². The van der Waals surface area contributed by atoms with Gasteiger partial charge in [0.25, 0.3) is 5.97 Å². The van der Waals surface area contributed by atoms with Gasteiger partial charge in [-0.25, -0.2) is 0 Å². The van der Waals surface area contributed by atoms with Crippen LogP contribution in [0.4, 0.5) is 0 Å². The second-order valence-corrected chi connectivity index (χ2v) is 2.63. The van der Waals surface area contributed by atoms with Crippen LogP contribution in [0.25, 0.3) is 0 Å². The molecule has 0 atom stereocenters. The van der Waals surface area contributed by atoms with Crippen molar-refractivity contribution in [3.05, 3.63) is 24.3 Å². The van der Waals surface area contributed by atoms with Crippen molar-refractivity contribution < 1.29 is 50.4 Å². The minimum absolute atomic E-state index is 0. The van der Waals surface area contributed by atoms with Gasteiger partial charge in [0.2, 0.25) is 0 Å². The molecule has 5 heteroatoms. The standard InChI is InChI=1S/C9H12O2.C2H4O2.Na.H/c1-3-11-9-6-4-8(10-2)5-7-9;1-2(3)4;;/h4-7H,3H2,1-2H3;1H3,(H,3,4);;/q;;+1;-1. The van der Waals surface area contributed by atoms with Gasteiger partial charge >= 0.3 is 29.6 Å². The van der Waals surface area contributed by atoms with E-state index in [9.17, 15) is 0 Å². The minimum Gasteiger partial charge on any atom is -1.00 e. The number of hydrogen-bond acceptors (Lipinski definition) is 3. The van der Waals surface area contributed by atoms with Gasteiger partial charge in [-0.1, -0.05) is 0 Å². The van der Waals surface area contributed by atoms with Crippen LogP contribution in [-0.4, -0.2) is 24.8 Å². The molecule has 0 saturated heterocycles. The molecule has 0 aliphatic rings. The molecule has 16 heavy (non-hydrogen) atoms. The summed E-state index contributed by atoms with van der Waals surface area (Å²) in [6.45, 7) is 3.75. The van der Waals surface area contributed by atoms with E-state index in [4.69, 9.17) is 19.4 Å². The maximum atomic E-state index is 9.00. The molecule has 1 aromatic carbocycles. The zero-order valence-corrected chi connectivity index (χ0v) is 12.2. The molecule has 86 valence electrons. The van der Waals surface area contributed by atoms with Crippen molar-refractivity contribution in [2.45, 2.75) is 13.8 Å². The molecule has 0 heterocycles. The molecule has 0 radical (unpaired) electrons. The second kappa shape index (κ2) is 10.8. The van der Waals surface area contributed by atoms with Crippen LogP contribution in [0.5, 0.6) is 11.5 Å². The zero-order chi connectivity index (χ0) is 11.7. The molecular formula is C11H17NaO4. The molecule has 1 N–H and O–H groups in total. The fraction of sp³-hybridized carbons (Fsp3) is 0.364. The van der Waals surface area contributed by atoms with Gasteiger partial charge in [-0.05, 0) is 31.2 Å². The van der Waals surface area contributed by atoms with E-state index < -0.39 is 5.97 Å². The number of methoxy groups -OCH3 is 1. The topological polar surface area (TPSA) is 55.8 Å². The fourth-order valence-electron chi connectivity index (χ4n) is 0.839. The van der Waals surface area contributed by atoms with E-state index in [0.29, 0.717) is 6.61 Å². The van der Waals surface area contributed by atoms with E-state index in [2.05, 4.69) is 0 Å². The predicted molar refractivity (Wildman–Crippen MR) is 58.6 cm³/mol. The van der Waals surface area contributed by atoms with Gasteiger partial charge in [0.1, 0.15) is 11.5 Å². The van der Waals surface area contributed by atoms with E-state index in [-0.39, 0.29) is 31.0 Å². The van der Waals surface area contributed by atoms with Crippen LogP contribution in [0.15, 0.2) is 24.3 Å². The van der Waals surface area contributed by atoms with Crippen molar-refractivity contribution in [2.24, 2.45) is 0 Å². The van der Waals surface area contributed by atoms with Gasteiger partial charge in [-0.2, -0.15) is 0 Å². The monoisotopic (exact) mass is 236 g/mol. The molecule has 0 aromatic heterocycles. The van der Waals surface area contributed by atoms with E-state index in [1.54, 1.807) is 7.11 Å². The third-order valence-corrected chi connectivity index (χ3v) is 1.37. The van der Waals surface area contributed by atoms with Crippen LogP contribution >= 0.6 is 0 Å². The van der Waals surface area contributed by atoms with Crippen LogP contribution in [-0.2, 0) is 4.79 Å². The molecule has 1 aromatic rings. The Morgan fingerprint density at radius 2 is 1.69 bits per heavy atom. The van der Waals surface area contributed by atoms with Crippen LogP contribution in [0.3, 0.4) is 0 Å². The maximum Gasteiger partial charge on any atom is 1.00 e. The number of carboxylic acid groups (broad SMARTS) is 1. The largest absolute Gasteiger partial charge is 1.00 e. The molecule has 1 rings (SSSR count). The minimum atomic E-state index is -0.833. The summed E-state index contributed by atoms with van der Waals surface area (Å²) >= 11 is 0. The molecule has 0 amide bonds. The number of rotatable bonds is 3. The van der Waals surface area contributed by atoms with Crippen LogP contribution in [0.2, 0.25) is 0 Å². The second-order valence-electron chi connectivity index (χ2n) is 2.63. The number of ether oxygens (including phenoxy) is 2. The summed E-state index contributed by atoms with van der Waals surface area (Å²) in [6.07, 6.45) is 0. The van der Waals surface area contributed by atoms with Crippen molar-refractivity contribution >= 4 is 5.97 Å². The van der Waals surface area contributed by atoms with Crippen molar-refractivity contribution in [3.8, 4) is 11.5 Å². The summed E-state index contributed by atoms with van der Waals surface area (Å²) in [7, 11) is 1.65. The fourth-order valence-corrected chi connectivity index (χ4v) is 0.839. The molecule has 0 aliphatic heterocycles. The molecule has 4 nitrogen and oxygen atoms in total.